The molecule has 0 aliphatic carbocycles. The van der Waals surface area contributed by atoms with Crippen molar-refractivity contribution in [3.63, 3.8) is 0 Å². The van der Waals surface area contributed by atoms with E-state index in [1.165, 1.54) is 0 Å². The highest BCUT2D eigenvalue weighted by Crippen LogP contribution is 2.24. The molecule has 0 atom stereocenters. The predicted molar refractivity (Wildman–Crippen MR) is 58.4 cm³/mol. The van der Waals surface area contributed by atoms with E-state index >= 15 is 0 Å². The molecule has 0 bridgehead atoms. The maximum Gasteiger partial charge on any atom is 0.152 e. The zero-order valence-electron chi connectivity index (χ0n) is 9.24. The predicted octanol–water partition coefficient (Wildman–Crippen LogP) is 1.71. The van der Waals surface area contributed by atoms with E-state index < -0.39 is 0 Å². The summed E-state index contributed by atoms with van der Waals surface area (Å²) in [6.45, 7) is 2.69. The maximum absolute atomic E-state index is 5.61. The molecule has 1 N–H and O–H groups in total. The minimum Gasteiger partial charge on any atom is -0.460 e. The molecule has 0 unspecified atom stereocenters. The molecule has 2 aromatic heterocycles. The highest BCUT2D eigenvalue weighted by molar-refractivity contribution is 5.56. The van der Waals surface area contributed by atoms with Gasteiger partial charge in [-0.05, 0) is 26.1 Å². The van der Waals surface area contributed by atoms with Crippen molar-refractivity contribution in [3.05, 3.63) is 29.9 Å². The summed E-state index contributed by atoms with van der Waals surface area (Å²) >= 11 is 0. The Morgan fingerprint density at radius 3 is 2.87 bits per heavy atom. The van der Waals surface area contributed by atoms with Gasteiger partial charge in [-0.2, -0.15) is 0 Å². The first kappa shape index (κ1) is 9.98. The number of nitrogens with zero attached hydrogens (tertiary/aromatic N) is 2. The van der Waals surface area contributed by atoms with Crippen LogP contribution in [-0.4, -0.2) is 16.6 Å². The van der Waals surface area contributed by atoms with Crippen LogP contribution in [0.25, 0.3) is 11.5 Å². The minimum absolute atomic E-state index is 0.746. The quantitative estimate of drug-likeness (QED) is 0.829. The lowest BCUT2D eigenvalue weighted by atomic mass is 10.2. The first-order chi connectivity index (χ1) is 7.22. The second-order valence-corrected chi connectivity index (χ2v) is 3.59. The Kier molecular flexibility index (Phi) is 2.60. The van der Waals surface area contributed by atoms with Gasteiger partial charge in [0.05, 0.1) is 12.0 Å². The Morgan fingerprint density at radius 2 is 2.27 bits per heavy atom. The van der Waals surface area contributed by atoms with Crippen molar-refractivity contribution in [2.75, 3.05) is 7.05 Å². The molecule has 0 saturated carbocycles. The van der Waals surface area contributed by atoms with Gasteiger partial charge in [-0.25, -0.2) is 4.98 Å². The molecule has 0 fully saturated rings. The molecule has 0 saturated heterocycles. The molecule has 4 heteroatoms. The van der Waals surface area contributed by atoms with Crippen LogP contribution in [-0.2, 0) is 13.6 Å². The van der Waals surface area contributed by atoms with Gasteiger partial charge in [0, 0.05) is 13.6 Å². The largest absolute Gasteiger partial charge is 0.460 e. The first-order valence-electron chi connectivity index (χ1n) is 4.94. The van der Waals surface area contributed by atoms with E-state index in [1.807, 2.05) is 37.7 Å². The summed E-state index contributed by atoms with van der Waals surface area (Å²) < 4.78 is 7.58. The van der Waals surface area contributed by atoms with Gasteiger partial charge >= 0.3 is 0 Å². The van der Waals surface area contributed by atoms with E-state index in [9.17, 15) is 0 Å². The van der Waals surface area contributed by atoms with Crippen molar-refractivity contribution in [2.24, 2.45) is 7.05 Å². The average molecular weight is 205 g/mol. The van der Waals surface area contributed by atoms with Gasteiger partial charge < -0.3 is 14.3 Å². The Morgan fingerprint density at radius 1 is 1.47 bits per heavy atom. The lowest BCUT2D eigenvalue weighted by Gasteiger charge is -2.02. The number of aryl methyl sites for hydroxylation is 2. The fraction of sp³-hybridized carbons (Fsp3) is 0.364. The van der Waals surface area contributed by atoms with Gasteiger partial charge in [0.2, 0.25) is 0 Å². The number of rotatable bonds is 3. The molecule has 4 nitrogen and oxygen atoms in total. The molecule has 80 valence electrons. The van der Waals surface area contributed by atoms with Crippen LogP contribution in [0.4, 0.5) is 0 Å². The third-order valence-electron chi connectivity index (χ3n) is 2.33. The van der Waals surface area contributed by atoms with Crippen LogP contribution in [0.5, 0.6) is 0 Å². The van der Waals surface area contributed by atoms with Crippen molar-refractivity contribution in [1.29, 1.82) is 0 Å². The van der Waals surface area contributed by atoms with Crippen LogP contribution in [0.2, 0.25) is 0 Å². The highest BCUT2D eigenvalue weighted by Gasteiger charge is 2.13. The third kappa shape index (κ3) is 1.80. The topological polar surface area (TPSA) is 43.0 Å². The summed E-state index contributed by atoms with van der Waals surface area (Å²) in [6.07, 6.45) is 1.81. The molecule has 0 radical (unpaired) electrons. The van der Waals surface area contributed by atoms with E-state index in [0.29, 0.717) is 0 Å². The monoisotopic (exact) mass is 205 g/mol. The van der Waals surface area contributed by atoms with E-state index in [2.05, 4.69) is 10.3 Å². The van der Waals surface area contributed by atoms with E-state index in [4.69, 9.17) is 4.42 Å². The van der Waals surface area contributed by atoms with Gasteiger partial charge in [0.1, 0.15) is 11.5 Å². The Labute approximate surface area is 88.9 Å². The van der Waals surface area contributed by atoms with Crippen LogP contribution in [0, 0.1) is 6.92 Å². The number of furan rings is 1. The number of imidazole rings is 1. The number of nitrogens with one attached hydrogen (secondary N) is 1. The Balaban J connectivity index is 2.46. The van der Waals surface area contributed by atoms with Crippen molar-refractivity contribution in [1.82, 2.24) is 14.9 Å². The molecule has 2 aromatic rings. The van der Waals surface area contributed by atoms with Gasteiger partial charge in [0.15, 0.2) is 5.76 Å². The molecule has 15 heavy (non-hydrogen) atoms. The Hall–Kier alpha value is -1.55. The summed E-state index contributed by atoms with van der Waals surface area (Å²) in [4.78, 5) is 4.33. The summed E-state index contributed by atoms with van der Waals surface area (Å²) in [6, 6.07) is 3.94. The van der Waals surface area contributed by atoms with E-state index in [0.717, 1.165) is 29.5 Å². The van der Waals surface area contributed by atoms with Gasteiger partial charge in [-0.15, -0.1) is 0 Å². The molecular formula is C11H15N3O. The van der Waals surface area contributed by atoms with Crippen LogP contribution >= 0.6 is 0 Å². The summed E-state index contributed by atoms with van der Waals surface area (Å²) in [5.74, 6) is 1.79. The van der Waals surface area contributed by atoms with Crippen molar-refractivity contribution in [2.45, 2.75) is 13.5 Å². The molecule has 0 amide bonds. The average Bonchev–Trinajstić information content (AvgIpc) is 2.74. The van der Waals surface area contributed by atoms with Crippen LogP contribution in [0.15, 0.2) is 22.9 Å². The smallest absolute Gasteiger partial charge is 0.152 e. The van der Waals surface area contributed by atoms with Crippen LogP contribution in [0.1, 0.15) is 11.5 Å². The first-order valence-corrected chi connectivity index (χ1v) is 4.94. The van der Waals surface area contributed by atoms with E-state index in [1.54, 1.807) is 6.33 Å². The standard InChI is InChI=1S/C11H15N3O/c1-8-4-5-10(15-8)11-9(6-12-2)13-7-14(11)3/h4-5,7,12H,6H2,1-3H3. The fourth-order valence-corrected chi connectivity index (χ4v) is 1.65. The van der Waals surface area contributed by atoms with Crippen LogP contribution < -0.4 is 5.32 Å². The molecular weight excluding hydrogens is 190 g/mol. The van der Waals surface area contributed by atoms with E-state index in [-0.39, 0.29) is 0 Å². The van der Waals surface area contributed by atoms with Gasteiger partial charge in [-0.3, -0.25) is 0 Å². The van der Waals surface area contributed by atoms with Gasteiger partial charge in [0.25, 0.3) is 0 Å². The molecule has 2 rings (SSSR count). The minimum atomic E-state index is 0.746. The summed E-state index contributed by atoms with van der Waals surface area (Å²) in [5.41, 5.74) is 2.05. The molecule has 0 aliphatic heterocycles. The Bertz CT molecular complexity index is 456. The lowest BCUT2D eigenvalue weighted by molar-refractivity contribution is 0.542. The number of aromatic nitrogens is 2. The van der Waals surface area contributed by atoms with Crippen molar-refractivity contribution < 1.29 is 4.42 Å². The zero-order valence-corrected chi connectivity index (χ0v) is 9.24. The highest BCUT2D eigenvalue weighted by atomic mass is 16.3. The SMILES string of the molecule is CNCc1ncn(C)c1-c1ccc(C)o1. The molecule has 0 aromatic carbocycles. The normalized spacial score (nSPS) is 10.9. The fourth-order valence-electron chi connectivity index (χ4n) is 1.65. The second-order valence-electron chi connectivity index (χ2n) is 3.59. The lowest BCUT2D eigenvalue weighted by Crippen LogP contribution is -2.07. The van der Waals surface area contributed by atoms with Crippen molar-refractivity contribution in [3.8, 4) is 11.5 Å². The molecule has 0 spiro atoms. The summed E-state index contributed by atoms with van der Waals surface area (Å²) in [5, 5.41) is 3.10. The van der Waals surface area contributed by atoms with Gasteiger partial charge in [-0.1, -0.05) is 0 Å². The number of hydrogen-bond donors (Lipinski definition) is 1. The van der Waals surface area contributed by atoms with Crippen molar-refractivity contribution >= 4 is 0 Å². The zero-order chi connectivity index (χ0) is 10.8. The molecule has 2 heterocycles. The number of hydrogen-bond acceptors (Lipinski definition) is 3. The van der Waals surface area contributed by atoms with Crippen LogP contribution in [0.3, 0.4) is 0 Å². The maximum atomic E-state index is 5.61. The third-order valence-corrected chi connectivity index (χ3v) is 2.33. The molecule has 0 aliphatic rings. The second kappa shape index (κ2) is 3.90. The summed E-state index contributed by atoms with van der Waals surface area (Å²) in [7, 11) is 3.88.